The van der Waals surface area contributed by atoms with Gasteiger partial charge >= 0.3 is 0 Å². The second-order valence-electron chi connectivity index (χ2n) is 10.1. The van der Waals surface area contributed by atoms with Gasteiger partial charge in [0.1, 0.15) is 5.82 Å². The quantitative estimate of drug-likeness (QED) is 0.339. The zero-order valence-corrected chi connectivity index (χ0v) is 19.3. The topological polar surface area (TPSA) is 0 Å². The van der Waals surface area contributed by atoms with Gasteiger partial charge in [0.25, 0.3) is 0 Å². The van der Waals surface area contributed by atoms with E-state index in [4.69, 9.17) is 0 Å². The molecule has 4 unspecified atom stereocenters. The lowest BCUT2D eigenvalue weighted by molar-refractivity contribution is 0.113. The molecule has 0 saturated heterocycles. The molecule has 2 saturated carbocycles. The average molecular weight is 417 g/mol. The lowest BCUT2D eigenvalue weighted by atomic mass is 9.63. The molecule has 0 N–H and O–H groups in total. The maximum atomic E-state index is 14.8. The molecule has 2 aromatic rings. The van der Waals surface area contributed by atoms with Gasteiger partial charge in [0.15, 0.2) is 0 Å². The minimum atomic E-state index is -0.168. The Labute approximate surface area is 188 Å². The fourth-order valence-corrected chi connectivity index (χ4v) is 5.90. The molecule has 2 fully saturated rings. The van der Waals surface area contributed by atoms with Crippen LogP contribution < -0.4 is 0 Å². The van der Waals surface area contributed by atoms with Crippen molar-refractivity contribution in [3.63, 3.8) is 0 Å². The Kier molecular flexibility index (Phi) is 7.49. The molecular weight excluding hydrogens is 379 g/mol. The number of unbranched alkanes of at least 4 members (excludes halogenated alkanes) is 2. The van der Waals surface area contributed by atoms with Crippen molar-refractivity contribution in [1.82, 2.24) is 0 Å². The van der Waals surface area contributed by atoms with Crippen LogP contribution in [0.5, 0.6) is 0 Å². The average Bonchev–Trinajstić information content (AvgIpc) is 2.79. The zero-order chi connectivity index (χ0) is 21.6. The standard InChI is InChI=1S/C30H37F/c1-3-4-5-6-24-12-14-27-20-28(18-17-26(27)19-24)29-16-15-25(30(31)21-29)13-11-23-9-7-22(2)8-10-23/h7-10,15-16,21,24,26-28H,3-6,12,14,17-20H2,1-2H3. The van der Waals surface area contributed by atoms with Gasteiger partial charge in [-0.15, -0.1) is 0 Å². The van der Waals surface area contributed by atoms with E-state index in [0.29, 0.717) is 11.5 Å². The number of hydrogen-bond donors (Lipinski definition) is 0. The van der Waals surface area contributed by atoms with E-state index in [1.165, 1.54) is 75.3 Å². The van der Waals surface area contributed by atoms with Gasteiger partial charge in [-0.1, -0.05) is 74.6 Å². The van der Waals surface area contributed by atoms with Gasteiger partial charge in [-0.2, -0.15) is 0 Å². The summed E-state index contributed by atoms with van der Waals surface area (Å²) >= 11 is 0. The molecule has 0 heterocycles. The van der Waals surface area contributed by atoms with E-state index in [0.717, 1.165) is 23.3 Å². The highest BCUT2D eigenvalue weighted by Crippen LogP contribution is 2.48. The summed E-state index contributed by atoms with van der Waals surface area (Å²) in [5.41, 5.74) is 3.82. The Morgan fingerprint density at radius 2 is 1.65 bits per heavy atom. The molecule has 4 rings (SSSR count). The summed E-state index contributed by atoms with van der Waals surface area (Å²) in [6, 6.07) is 13.8. The van der Waals surface area contributed by atoms with E-state index in [9.17, 15) is 4.39 Å². The van der Waals surface area contributed by atoms with Crippen LogP contribution in [0.2, 0.25) is 0 Å². The first-order valence-electron chi connectivity index (χ1n) is 12.5. The molecule has 31 heavy (non-hydrogen) atoms. The normalized spacial score (nSPS) is 25.4. The third kappa shape index (κ3) is 5.79. The van der Waals surface area contributed by atoms with Crippen molar-refractivity contribution in [2.24, 2.45) is 17.8 Å². The molecule has 164 valence electrons. The Bertz CT molecular complexity index is 914. The highest BCUT2D eigenvalue weighted by atomic mass is 19.1. The Morgan fingerprint density at radius 3 is 2.42 bits per heavy atom. The number of fused-ring (bicyclic) bond motifs is 1. The first-order valence-corrected chi connectivity index (χ1v) is 12.5. The van der Waals surface area contributed by atoms with Gasteiger partial charge in [-0.25, -0.2) is 4.39 Å². The SMILES string of the molecule is CCCCCC1CCC2CC(c3ccc(C#Cc4ccc(C)cc4)c(F)c3)CCC2C1. The van der Waals surface area contributed by atoms with Crippen LogP contribution in [0.25, 0.3) is 0 Å². The maximum absolute atomic E-state index is 14.8. The largest absolute Gasteiger partial charge is 0.206 e. The summed E-state index contributed by atoms with van der Waals surface area (Å²) < 4.78 is 14.8. The van der Waals surface area contributed by atoms with E-state index < -0.39 is 0 Å². The van der Waals surface area contributed by atoms with Gasteiger partial charge in [0.05, 0.1) is 5.56 Å². The Balaban J connectivity index is 1.36. The van der Waals surface area contributed by atoms with Crippen LogP contribution in [0.1, 0.15) is 99.3 Å². The maximum Gasteiger partial charge on any atom is 0.139 e. The fourth-order valence-electron chi connectivity index (χ4n) is 5.90. The highest BCUT2D eigenvalue weighted by Gasteiger charge is 2.35. The summed E-state index contributed by atoms with van der Waals surface area (Å²) in [5.74, 6) is 9.21. The number of benzene rings is 2. The first-order chi connectivity index (χ1) is 15.1. The summed E-state index contributed by atoms with van der Waals surface area (Å²) in [4.78, 5) is 0. The molecule has 0 radical (unpaired) electrons. The van der Waals surface area contributed by atoms with Crippen LogP contribution in [0.4, 0.5) is 4.39 Å². The van der Waals surface area contributed by atoms with Crippen molar-refractivity contribution in [1.29, 1.82) is 0 Å². The van der Waals surface area contributed by atoms with Gasteiger partial charge in [-0.05, 0) is 92.5 Å². The molecule has 2 aromatic carbocycles. The molecule has 0 nitrogen and oxygen atoms in total. The smallest absolute Gasteiger partial charge is 0.139 e. The third-order valence-corrected chi connectivity index (χ3v) is 7.80. The van der Waals surface area contributed by atoms with E-state index >= 15 is 0 Å². The number of halogens is 1. The minimum Gasteiger partial charge on any atom is -0.206 e. The zero-order valence-electron chi connectivity index (χ0n) is 19.3. The van der Waals surface area contributed by atoms with Crippen LogP contribution in [-0.4, -0.2) is 0 Å². The summed E-state index contributed by atoms with van der Waals surface area (Å²) in [5, 5.41) is 0. The summed E-state index contributed by atoms with van der Waals surface area (Å²) in [7, 11) is 0. The number of hydrogen-bond acceptors (Lipinski definition) is 0. The molecule has 2 aliphatic rings. The summed E-state index contributed by atoms with van der Waals surface area (Å²) in [6.07, 6.45) is 13.6. The van der Waals surface area contributed by atoms with Gasteiger partial charge in [0.2, 0.25) is 0 Å². The van der Waals surface area contributed by atoms with Crippen molar-refractivity contribution in [3.05, 3.63) is 70.5 Å². The Morgan fingerprint density at radius 1 is 0.871 bits per heavy atom. The minimum absolute atomic E-state index is 0.168. The molecule has 0 spiro atoms. The molecule has 0 bridgehead atoms. The van der Waals surface area contributed by atoms with Crippen LogP contribution in [-0.2, 0) is 0 Å². The second-order valence-corrected chi connectivity index (χ2v) is 10.1. The van der Waals surface area contributed by atoms with E-state index in [2.05, 4.69) is 31.8 Å². The van der Waals surface area contributed by atoms with Crippen molar-refractivity contribution in [2.45, 2.75) is 84.0 Å². The molecule has 2 aliphatic carbocycles. The first kappa shape index (κ1) is 22.1. The number of aryl methyl sites for hydroxylation is 1. The van der Waals surface area contributed by atoms with Crippen LogP contribution in [0, 0.1) is 42.3 Å². The van der Waals surface area contributed by atoms with Gasteiger partial charge in [-0.3, -0.25) is 0 Å². The molecule has 1 heteroatoms. The molecule has 0 aliphatic heterocycles. The van der Waals surface area contributed by atoms with Crippen LogP contribution in [0.15, 0.2) is 42.5 Å². The van der Waals surface area contributed by atoms with Gasteiger partial charge in [0, 0.05) is 5.56 Å². The van der Waals surface area contributed by atoms with E-state index in [1.807, 2.05) is 30.3 Å². The molecule has 0 amide bonds. The van der Waals surface area contributed by atoms with E-state index in [1.54, 1.807) is 6.07 Å². The van der Waals surface area contributed by atoms with E-state index in [-0.39, 0.29) is 5.82 Å². The molecular formula is C30H37F. The summed E-state index contributed by atoms with van der Waals surface area (Å²) in [6.45, 7) is 4.35. The van der Waals surface area contributed by atoms with Gasteiger partial charge < -0.3 is 0 Å². The predicted molar refractivity (Wildman–Crippen MR) is 129 cm³/mol. The lowest BCUT2D eigenvalue weighted by Crippen LogP contribution is -2.30. The fraction of sp³-hybridized carbons (Fsp3) is 0.533. The van der Waals surface area contributed by atoms with Crippen molar-refractivity contribution >= 4 is 0 Å². The third-order valence-electron chi connectivity index (χ3n) is 7.80. The molecule has 0 aromatic heterocycles. The monoisotopic (exact) mass is 416 g/mol. The Hall–Kier alpha value is -2.07. The van der Waals surface area contributed by atoms with Crippen molar-refractivity contribution in [2.75, 3.05) is 0 Å². The predicted octanol–water partition coefficient (Wildman–Crippen LogP) is 8.41. The van der Waals surface area contributed by atoms with Crippen molar-refractivity contribution in [3.8, 4) is 11.8 Å². The number of rotatable bonds is 5. The van der Waals surface area contributed by atoms with Crippen LogP contribution >= 0.6 is 0 Å². The van der Waals surface area contributed by atoms with Crippen LogP contribution in [0.3, 0.4) is 0 Å². The second kappa shape index (κ2) is 10.5. The lowest BCUT2D eigenvalue weighted by Gasteiger charge is -2.42. The highest BCUT2D eigenvalue weighted by molar-refractivity contribution is 5.45. The van der Waals surface area contributed by atoms with Crippen molar-refractivity contribution < 1.29 is 4.39 Å². The molecule has 4 atom stereocenters.